The average Bonchev–Trinajstić information content (AvgIpc) is 3.30. The van der Waals surface area contributed by atoms with Crippen LogP contribution < -0.4 is 0 Å². The first-order chi connectivity index (χ1) is 16.0. The van der Waals surface area contributed by atoms with E-state index in [-0.39, 0.29) is 0 Å². The van der Waals surface area contributed by atoms with E-state index in [1.807, 2.05) is 36.7 Å². The molecule has 166 valence electrons. The number of hydrogen-bond donors (Lipinski definition) is 1. The molecule has 0 saturated heterocycles. The molecule has 0 radical (unpaired) electrons. The summed E-state index contributed by atoms with van der Waals surface area (Å²) >= 11 is 0. The van der Waals surface area contributed by atoms with Crippen molar-refractivity contribution in [1.82, 2.24) is 14.3 Å². The van der Waals surface area contributed by atoms with Gasteiger partial charge in [-0.05, 0) is 50.1 Å². The van der Waals surface area contributed by atoms with Gasteiger partial charge in [-0.25, -0.2) is 0 Å². The van der Waals surface area contributed by atoms with Crippen LogP contribution in [0.5, 0.6) is 0 Å². The Morgan fingerprint density at radius 2 is 1.45 bits per heavy atom. The molecule has 0 amide bonds. The number of aliphatic hydroxyl groups excluding tert-OH is 1. The van der Waals surface area contributed by atoms with Crippen LogP contribution >= 0.6 is 0 Å². The van der Waals surface area contributed by atoms with E-state index in [0.717, 1.165) is 28.2 Å². The summed E-state index contributed by atoms with van der Waals surface area (Å²) in [5.74, 6) is 0. The van der Waals surface area contributed by atoms with Crippen LogP contribution in [0.25, 0.3) is 33.3 Å². The molecule has 33 heavy (non-hydrogen) atoms. The average molecular weight is 436 g/mol. The topological polar surface area (TPSA) is 43.0 Å². The van der Waals surface area contributed by atoms with E-state index in [1.165, 1.54) is 22.1 Å². The Hall–Kier alpha value is -3.63. The minimum absolute atomic E-state index is 0.458. The first kappa shape index (κ1) is 21.2. The summed E-state index contributed by atoms with van der Waals surface area (Å²) in [4.78, 5) is 0. The zero-order valence-corrected chi connectivity index (χ0v) is 19.4. The van der Waals surface area contributed by atoms with E-state index in [2.05, 4.69) is 83.3 Å². The van der Waals surface area contributed by atoms with Gasteiger partial charge in [0.1, 0.15) is 0 Å². The lowest BCUT2D eigenvalue weighted by molar-refractivity contribution is 0.131. The van der Waals surface area contributed by atoms with Gasteiger partial charge in [0.2, 0.25) is 0 Å². The molecule has 0 saturated carbocycles. The maximum absolute atomic E-state index is 11.2. The Morgan fingerprint density at radius 3 is 2.09 bits per heavy atom. The molecule has 0 aliphatic rings. The van der Waals surface area contributed by atoms with Crippen LogP contribution in [0.3, 0.4) is 0 Å². The highest BCUT2D eigenvalue weighted by Crippen LogP contribution is 2.41. The molecule has 0 bridgehead atoms. The van der Waals surface area contributed by atoms with Crippen LogP contribution in [-0.2, 0) is 13.1 Å². The largest absolute Gasteiger partial charge is 0.389 e. The van der Waals surface area contributed by atoms with Gasteiger partial charge in [0, 0.05) is 22.2 Å². The van der Waals surface area contributed by atoms with Gasteiger partial charge in [-0.3, -0.25) is 4.68 Å². The predicted octanol–water partition coefficient (Wildman–Crippen LogP) is 6.16. The molecule has 5 aromatic rings. The molecule has 1 atom stereocenters. The molecule has 2 aromatic heterocycles. The molecule has 0 fully saturated rings. The fourth-order valence-corrected chi connectivity index (χ4v) is 4.78. The third-order valence-corrected chi connectivity index (χ3v) is 6.21. The lowest BCUT2D eigenvalue weighted by atomic mass is 9.98. The number of nitrogens with zero attached hydrogens (tertiary/aromatic N) is 3. The lowest BCUT2D eigenvalue weighted by Crippen LogP contribution is -2.23. The molecule has 2 heterocycles. The number of aromatic nitrogens is 3. The second-order valence-electron chi connectivity index (χ2n) is 8.85. The quantitative estimate of drug-likeness (QED) is 0.347. The zero-order valence-electron chi connectivity index (χ0n) is 19.4. The van der Waals surface area contributed by atoms with Crippen molar-refractivity contribution in [2.24, 2.45) is 0 Å². The van der Waals surface area contributed by atoms with Gasteiger partial charge in [-0.1, -0.05) is 72.3 Å². The second-order valence-corrected chi connectivity index (χ2v) is 8.85. The summed E-state index contributed by atoms with van der Waals surface area (Å²) in [5, 5.41) is 16.9. The molecule has 0 aliphatic heterocycles. The molecule has 3 aromatic carbocycles. The Bertz CT molecular complexity index is 1400. The summed E-state index contributed by atoms with van der Waals surface area (Å²) in [5.41, 5.74) is 9.05. The Kier molecular flexibility index (Phi) is 5.61. The molecule has 0 spiro atoms. The van der Waals surface area contributed by atoms with Gasteiger partial charge in [0.25, 0.3) is 0 Å². The van der Waals surface area contributed by atoms with Crippen LogP contribution in [0.15, 0.2) is 84.9 Å². The highest BCUT2D eigenvalue weighted by atomic mass is 16.3. The number of rotatable bonds is 6. The lowest BCUT2D eigenvalue weighted by Gasteiger charge is -2.18. The number of aryl methyl sites for hydroxylation is 3. The minimum Gasteiger partial charge on any atom is -0.389 e. The van der Waals surface area contributed by atoms with E-state index >= 15 is 0 Å². The molecule has 5 rings (SSSR count). The third-order valence-electron chi connectivity index (χ3n) is 6.21. The van der Waals surface area contributed by atoms with Gasteiger partial charge in [-0.2, -0.15) is 5.10 Å². The SMILES string of the molecule is Cc1ccc2c(c1)c(-c1ccccc1)c(-c1ccccc1)n2C[C@H](O)Cn1nc(C)cc1C. The van der Waals surface area contributed by atoms with Crippen molar-refractivity contribution >= 4 is 10.9 Å². The predicted molar refractivity (Wildman–Crippen MR) is 135 cm³/mol. The second kappa shape index (κ2) is 8.72. The van der Waals surface area contributed by atoms with Crippen LogP contribution in [0.1, 0.15) is 17.0 Å². The minimum atomic E-state index is -0.578. The first-order valence-electron chi connectivity index (χ1n) is 11.4. The molecule has 0 aliphatic carbocycles. The smallest absolute Gasteiger partial charge is 0.0914 e. The Balaban J connectivity index is 1.70. The maximum Gasteiger partial charge on any atom is 0.0914 e. The summed E-state index contributed by atoms with van der Waals surface area (Å²) in [6, 6.07) is 29.7. The fourth-order valence-electron chi connectivity index (χ4n) is 4.78. The fraction of sp³-hybridized carbons (Fsp3) is 0.207. The highest BCUT2D eigenvalue weighted by Gasteiger charge is 2.22. The molecule has 0 unspecified atom stereocenters. The molecule has 4 heteroatoms. The van der Waals surface area contributed by atoms with Crippen molar-refractivity contribution in [2.45, 2.75) is 40.0 Å². The van der Waals surface area contributed by atoms with Crippen molar-refractivity contribution < 1.29 is 5.11 Å². The summed E-state index contributed by atoms with van der Waals surface area (Å²) in [7, 11) is 0. The number of fused-ring (bicyclic) bond motifs is 1. The van der Waals surface area contributed by atoms with Gasteiger partial charge >= 0.3 is 0 Å². The molecule has 1 N–H and O–H groups in total. The summed E-state index contributed by atoms with van der Waals surface area (Å²) < 4.78 is 4.18. The first-order valence-corrected chi connectivity index (χ1v) is 11.4. The van der Waals surface area contributed by atoms with Gasteiger partial charge in [-0.15, -0.1) is 0 Å². The number of hydrogen-bond acceptors (Lipinski definition) is 2. The summed E-state index contributed by atoms with van der Waals surface area (Å²) in [6.45, 7) is 7.08. The van der Waals surface area contributed by atoms with Crippen molar-refractivity contribution in [3.05, 3.63) is 102 Å². The van der Waals surface area contributed by atoms with Crippen LogP contribution in [-0.4, -0.2) is 25.6 Å². The standard InChI is InChI=1S/C29H29N3O/c1-20-14-15-27-26(16-20)28(23-10-6-4-7-11-23)29(24-12-8-5-9-13-24)31(27)18-25(33)19-32-22(3)17-21(2)30-32/h4-17,25,33H,18-19H2,1-3H3/t25-/m0/s1. The number of benzene rings is 3. The van der Waals surface area contributed by atoms with E-state index in [4.69, 9.17) is 0 Å². The zero-order chi connectivity index (χ0) is 22.9. The Labute approximate surface area is 194 Å². The molecular formula is C29H29N3O. The number of aliphatic hydroxyl groups is 1. The highest BCUT2D eigenvalue weighted by molar-refractivity contribution is 6.04. The van der Waals surface area contributed by atoms with Crippen LogP contribution in [0.4, 0.5) is 0 Å². The van der Waals surface area contributed by atoms with E-state index in [0.29, 0.717) is 13.1 Å². The Morgan fingerprint density at radius 1 is 0.788 bits per heavy atom. The van der Waals surface area contributed by atoms with Crippen LogP contribution in [0.2, 0.25) is 0 Å². The van der Waals surface area contributed by atoms with Crippen molar-refractivity contribution in [3.8, 4) is 22.4 Å². The van der Waals surface area contributed by atoms with E-state index < -0.39 is 6.10 Å². The maximum atomic E-state index is 11.2. The van der Waals surface area contributed by atoms with Gasteiger partial charge < -0.3 is 9.67 Å². The van der Waals surface area contributed by atoms with Crippen LogP contribution in [0, 0.1) is 20.8 Å². The van der Waals surface area contributed by atoms with E-state index in [1.54, 1.807) is 0 Å². The third kappa shape index (κ3) is 4.10. The van der Waals surface area contributed by atoms with Gasteiger partial charge in [0.05, 0.1) is 30.6 Å². The van der Waals surface area contributed by atoms with Crippen molar-refractivity contribution in [3.63, 3.8) is 0 Å². The van der Waals surface area contributed by atoms with Gasteiger partial charge in [0.15, 0.2) is 0 Å². The normalized spacial score (nSPS) is 12.4. The van der Waals surface area contributed by atoms with Crippen molar-refractivity contribution in [2.75, 3.05) is 0 Å². The molecule has 4 nitrogen and oxygen atoms in total. The van der Waals surface area contributed by atoms with Crippen molar-refractivity contribution in [1.29, 1.82) is 0 Å². The van der Waals surface area contributed by atoms with E-state index in [9.17, 15) is 5.11 Å². The summed E-state index contributed by atoms with van der Waals surface area (Å²) in [6.07, 6.45) is -0.578. The monoisotopic (exact) mass is 435 g/mol. The molecular weight excluding hydrogens is 406 g/mol.